The van der Waals surface area contributed by atoms with E-state index in [-0.39, 0.29) is 24.2 Å². The number of rotatable bonds is 3. The Hall–Kier alpha value is -1.43. The smallest absolute Gasteiger partial charge is 0.261 e. The molecule has 2 aliphatic heterocycles. The van der Waals surface area contributed by atoms with Crippen molar-refractivity contribution in [3.63, 3.8) is 0 Å². The second kappa shape index (κ2) is 4.59. The number of nitrogens with zero attached hydrogens (tertiary/aromatic N) is 1. The minimum Gasteiger partial charge on any atom is -0.345 e. The van der Waals surface area contributed by atoms with E-state index in [0.29, 0.717) is 24.3 Å². The van der Waals surface area contributed by atoms with E-state index in [9.17, 15) is 9.59 Å². The van der Waals surface area contributed by atoms with Crippen LogP contribution in [0.4, 0.5) is 0 Å². The molecule has 0 unspecified atom stereocenters. The minimum atomic E-state index is -1.07. The third-order valence-electron chi connectivity index (χ3n) is 3.29. The highest BCUT2D eigenvalue weighted by molar-refractivity contribution is 6.21. The standard InChI is InChI=1S/C13H12ClNO4/c14-7-13(18-5-6-19-13)8-15-11(16)9-3-1-2-4-10(9)12(15)17/h1-4H,5-8H2. The summed E-state index contributed by atoms with van der Waals surface area (Å²) in [6.45, 7) is 0.842. The van der Waals surface area contributed by atoms with Gasteiger partial charge in [-0.15, -0.1) is 11.6 Å². The molecule has 0 spiro atoms. The molecule has 19 heavy (non-hydrogen) atoms. The Morgan fingerprint density at radius 1 is 1.11 bits per heavy atom. The van der Waals surface area contributed by atoms with Crippen LogP contribution in [0, 0.1) is 0 Å². The van der Waals surface area contributed by atoms with Crippen molar-refractivity contribution in [1.82, 2.24) is 4.90 Å². The van der Waals surface area contributed by atoms with Gasteiger partial charge in [0, 0.05) is 0 Å². The van der Waals surface area contributed by atoms with E-state index in [0.717, 1.165) is 4.90 Å². The maximum atomic E-state index is 12.2. The van der Waals surface area contributed by atoms with E-state index >= 15 is 0 Å². The molecule has 2 aliphatic rings. The fraction of sp³-hybridized carbons (Fsp3) is 0.385. The number of hydrogen-bond acceptors (Lipinski definition) is 4. The van der Waals surface area contributed by atoms with Crippen molar-refractivity contribution in [3.8, 4) is 0 Å². The number of carbonyl (C=O) groups excluding carboxylic acids is 2. The van der Waals surface area contributed by atoms with Gasteiger partial charge in [0.1, 0.15) is 0 Å². The zero-order chi connectivity index (χ0) is 13.5. The summed E-state index contributed by atoms with van der Waals surface area (Å²) < 4.78 is 10.9. The first kappa shape index (κ1) is 12.6. The normalized spacial score (nSPS) is 21.0. The van der Waals surface area contributed by atoms with Gasteiger partial charge in [-0.2, -0.15) is 0 Å². The van der Waals surface area contributed by atoms with Gasteiger partial charge in [0.25, 0.3) is 11.8 Å². The number of alkyl halides is 1. The number of halogens is 1. The molecule has 1 aromatic rings. The Morgan fingerprint density at radius 3 is 2.11 bits per heavy atom. The summed E-state index contributed by atoms with van der Waals surface area (Å²) in [4.78, 5) is 25.5. The number of hydrogen-bond donors (Lipinski definition) is 0. The summed E-state index contributed by atoms with van der Waals surface area (Å²) in [5.41, 5.74) is 0.824. The van der Waals surface area contributed by atoms with Gasteiger partial charge in [0.05, 0.1) is 36.8 Å². The molecule has 0 aliphatic carbocycles. The van der Waals surface area contributed by atoms with Gasteiger partial charge in [-0.3, -0.25) is 14.5 Å². The van der Waals surface area contributed by atoms with Crippen molar-refractivity contribution in [2.45, 2.75) is 5.79 Å². The van der Waals surface area contributed by atoms with Crippen LogP contribution < -0.4 is 0 Å². The number of fused-ring (bicyclic) bond motifs is 1. The number of ether oxygens (including phenoxy) is 2. The van der Waals surface area contributed by atoms with Crippen LogP contribution in [0.15, 0.2) is 24.3 Å². The van der Waals surface area contributed by atoms with Crippen molar-refractivity contribution in [1.29, 1.82) is 0 Å². The quantitative estimate of drug-likeness (QED) is 0.618. The SMILES string of the molecule is O=C1c2ccccc2C(=O)N1CC1(CCl)OCCO1. The molecule has 100 valence electrons. The van der Waals surface area contributed by atoms with Crippen molar-refractivity contribution in [2.75, 3.05) is 25.6 Å². The van der Waals surface area contributed by atoms with Gasteiger partial charge in [-0.1, -0.05) is 12.1 Å². The van der Waals surface area contributed by atoms with Crippen molar-refractivity contribution in [2.24, 2.45) is 0 Å². The zero-order valence-electron chi connectivity index (χ0n) is 10.1. The van der Waals surface area contributed by atoms with Crippen molar-refractivity contribution in [3.05, 3.63) is 35.4 Å². The Balaban J connectivity index is 1.88. The van der Waals surface area contributed by atoms with Crippen LogP contribution in [0.25, 0.3) is 0 Å². The van der Waals surface area contributed by atoms with E-state index in [1.807, 2.05) is 0 Å². The summed E-state index contributed by atoms with van der Waals surface area (Å²) in [5, 5.41) is 0. The molecule has 6 heteroatoms. The van der Waals surface area contributed by atoms with Crippen LogP contribution in [-0.2, 0) is 9.47 Å². The molecule has 3 rings (SSSR count). The summed E-state index contributed by atoms with van der Waals surface area (Å²) in [6, 6.07) is 6.74. The highest BCUT2D eigenvalue weighted by Crippen LogP contribution is 2.28. The predicted octanol–water partition coefficient (Wildman–Crippen LogP) is 1.26. The Kier molecular flexibility index (Phi) is 3.05. The van der Waals surface area contributed by atoms with Crippen LogP contribution in [0.1, 0.15) is 20.7 Å². The average Bonchev–Trinajstić information content (AvgIpc) is 3.00. The number of amides is 2. The Morgan fingerprint density at radius 2 is 1.63 bits per heavy atom. The van der Waals surface area contributed by atoms with Gasteiger partial charge in [0.15, 0.2) is 5.79 Å². The first-order valence-corrected chi connectivity index (χ1v) is 6.49. The van der Waals surface area contributed by atoms with Gasteiger partial charge < -0.3 is 9.47 Å². The molecule has 0 radical (unpaired) electrons. The molecule has 1 fully saturated rings. The van der Waals surface area contributed by atoms with Crippen LogP contribution in [0.5, 0.6) is 0 Å². The van der Waals surface area contributed by atoms with Crippen molar-refractivity contribution < 1.29 is 19.1 Å². The number of carbonyl (C=O) groups is 2. The molecule has 0 N–H and O–H groups in total. The number of imide groups is 1. The lowest BCUT2D eigenvalue weighted by atomic mass is 10.1. The van der Waals surface area contributed by atoms with Gasteiger partial charge in [0.2, 0.25) is 0 Å². The topological polar surface area (TPSA) is 55.8 Å². The van der Waals surface area contributed by atoms with Crippen LogP contribution >= 0.6 is 11.6 Å². The largest absolute Gasteiger partial charge is 0.345 e. The first-order valence-electron chi connectivity index (χ1n) is 5.96. The molecule has 5 nitrogen and oxygen atoms in total. The maximum Gasteiger partial charge on any atom is 0.261 e. The summed E-state index contributed by atoms with van der Waals surface area (Å²) in [6.07, 6.45) is 0. The van der Waals surface area contributed by atoms with Crippen LogP contribution in [0.2, 0.25) is 0 Å². The lowest BCUT2D eigenvalue weighted by Crippen LogP contribution is -2.47. The molecule has 0 atom stereocenters. The Labute approximate surface area is 115 Å². The monoisotopic (exact) mass is 281 g/mol. The minimum absolute atomic E-state index is 0.0167. The second-order valence-corrected chi connectivity index (χ2v) is 4.75. The molecule has 2 amide bonds. The fourth-order valence-electron chi connectivity index (χ4n) is 2.33. The molecular weight excluding hydrogens is 270 g/mol. The van der Waals surface area contributed by atoms with Gasteiger partial charge in [-0.05, 0) is 12.1 Å². The summed E-state index contributed by atoms with van der Waals surface area (Å²) >= 11 is 5.85. The van der Waals surface area contributed by atoms with E-state index in [1.165, 1.54) is 0 Å². The number of benzene rings is 1. The van der Waals surface area contributed by atoms with Crippen LogP contribution in [-0.4, -0.2) is 48.1 Å². The average molecular weight is 282 g/mol. The highest BCUT2D eigenvalue weighted by Gasteiger charge is 2.44. The maximum absolute atomic E-state index is 12.2. The molecule has 0 aromatic heterocycles. The van der Waals surface area contributed by atoms with E-state index in [4.69, 9.17) is 21.1 Å². The van der Waals surface area contributed by atoms with Gasteiger partial charge in [-0.25, -0.2) is 0 Å². The van der Waals surface area contributed by atoms with E-state index in [1.54, 1.807) is 24.3 Å². The third-order valence-corrected chi connectivity index (χ3v) is 3.70. The lowest BCUT2D eigenvalue weighted by molar-refractivity contribution is -0.144. The summed E-state index contributed by atoms with van der Waals surface area (Å²) in [7, 11) is 0. The molecular formula is C13H12ClNO4. The molecule has 0 bridgehead atoms. The van der Waals surface area contributed by atoms with E-state index in [2.05, 4.69) is 0 Å². The van der Waals surface area contributed by atoms with Crippen molar-refractivity contribution >= 4 is 23.4 Å². The third kappa shape index (κ3) is 1.94. The molecule has 1 aromatic carbocycles. The summed E-state index contributed by atoms with van der Waals surface area (Å²) in [5.74, 6) is -1.66. The molecule has 1 saturated heterocycles. The Bertz CT molecular complexity index is 504. The molecule has 2 heterocycles. The fourth-order valence-corrected chi connectivity index (χ4v) is 2.57. The highest BCUT2D eigenvalue weighted by atomic mass is 35.5. The lowest BCUT2D eigenvalue weighted by Gasteiger charge is -2.28. The van der Waals surface area contributed by atoms with Gasteiger partial charge >= 0.3 is 0 Å². The molecule has 0 saturated carbocycles. The predicted molar refractivity (Wildman–Crippen MR) is 67.2 cm³/mol. The second-order valence-electron chi connectivity index (χ2n) is 4.48. The van der Waals surface area contributed by atoms with Crippen LogP contribution in [0.3, 0.4) is 0 Å². The zero-order valence-corrected chi connectivity index (χ0v) is 10.9. The van der Waals surface area contributed by atoms with E-state index < -0.39 is 5.79 Å². The first-order chi connectivity index (χ1) is 9.17.